The van der Waals surface area contributed by atoms with E-state index in [0.717, 1.165) is 110 Å². The number of hydrogen-bond acceptors (Lipinski definition) is 13. The molecule has 109 heavy (non-hydrogen) atoms. The van der Waals surface area contributed by atoms with Gasteiger partial charge in [-0.05, 0) is 147 Å². The normalized spacial score (nSPS) is 15.0. The highest BCUT2D eigenvalue weighted by molar-refractivity contribution is 7.18. The molecule has 10 aromatic carbocycles. The number of imide groups is 1. The van der Waals surface area contributed by atoms with Gasteiger partial charge >= 0.3 is 5.91 Å². The van der Waals surface area contributed by atoms with Gasteiger partial charge in [-0.25, -0.2) is 25.0 Å². The molecule has 0 aliphatic carbocycles. The van der Waals surface area contributed by atoms with E-state index in [9.17, 15) is 28.8 Å². The molecule has 6 amide bonds. The van der Waals surface area contributed by atoms with Crippen LogP contribution in [0.2, 0.25) is 0 Å². The molecular formula is C89H72N13O6S+. The Morgan fingerprint density at radius 2 is 0.789 bits per heavy atom. The number of aromatic nitrogens is 4. The number of fused-ring (bicyclic) bond motifs is 7. The third-order valence-electron chi connectivity index (χ3n) is 18.1. The molecule has 5 aliphatic rings. The second-order valence-electron chi connectivity index (χ2n) is 24.9. The second kappa shape index (κ2) is 31.1. The van der Waals surface area contributed by atoms with Gasteiger partial charge in [0.2, 0.25) is 12.4 Å². The lowest BCUT2D eigenvalue weighted by molar-refractivity contribution is -0.673. The Balaban J connectivity index is 0.000000127. The number of rotatable bonds is 8. The van der Waals surface area contributed by atoms with Gasteiger partial charge in [-0.15, -0.1) is 11.3 Å². The van der Waals surface area contributed by atoms with Crippen molar-refractivity contribution >= 4 is 153 Å². The van der Waals surface area contributed by atoms with Crippen LogP contribution in [-0.2, 0) is 19.2 Å². The number of nitrogens with one attached hydrogen (secondary N) is 1. The number of aryl methyl sites for hydroxylation is 2. The average Bonchev–Trinajstić information content (AvgIpc) is 1.62. The number of H-pyrrole nitrogens is 1. The van der Waals surface area contributed by atoms with Crippen molar-refractivity contribution in [1.82, 2.24) is 19.9 Å². The van der Waals surface area contributed by atoms with Crippen LogP contribution in [0.1, 0.15) is 76.0 Å². The maximum Gasteiger partial charge on any atom is 0.333 e. The summed E-state index contributed by atoms with van der Waals surface area (Å²) in [5.41, 5.74) is 16.9. The number of amides is 6. The van der Waals surface area contributed by atoms with Gasteiger partial charge in [0.1, 0.15) is 28.5 Å². The number of aliphatic imine (C=N–C) groups is 4. The van der Waals surface area contributed by atoms with E-state index in [1.807, 2.05) is 293 Å². The summed E-state index contributed by atoms with van der Waals surface area (Å²) in [6, 6.07) is 87.4. The Morgan fingerprint density at radius 3 is 1.30 bits per heavy atom. The molecule has 20 heteroatoms. The van der Waals surface area contributed by atoms with Crippen molar-refractivity contribution in [3.63, 3.8) is 0 Å². The van der Waals surface area contributed by atoms with Gasteiger partial charge in [0.25, 0.3) is 29.5 Å². The molecule has 0 fully saturated rings. The SMILES string of the molecule is C.C.C.CN1C(=O)c2ccc(N=C3C(=O)N(c4ccccc4)c4ccccc43)cc2C1=O.Cc1ccc(N=C2C(=O)N([n+]3ccccc3)c3ccccc32)cn1.Cc1nc2ccc(N=C3C(=O)N(c4ccccc4)c4ccccc43)cc2s1.O=C1C(=Nc2ccc3[nH]ccc3c2)c2ccccc2N1c1ccccc1. The predicted octanol–water partition coefficient (Wildman–Crippen LogP) is 18.6. The molecule has 534 valence electrons. The lowest BCUT2D eigenvalue weighted by Crippen LogP contribution is -2.56. The van der Waals surface area contributed by atoms with Crippen LogP contribution < -0.4 is 24.4 Å². The first-order valence-corrected chi connectivity index (χ1v) is 34.7. The Hall–Kier alpha value is -14.4. The third kappa shape index (κ3) is 14.0. The van der Waals surface area contributed by atoms with Crippen molar-refractivity contribution in [3.05, 3.63) is 348 Å². The Morgan fingerprint density at radius 1 is 0.376 bits per heavy atom. The average molecular weight is 1450 g/mol. The van der Waals surface area contributed by atoms with Crippen molar-refractivity contribution in [2.24, 2.45) is 20.0 Å². The first-order chi connectivity index (χ1) is 51.8. The lowest BCUT2D eigenvalue weighted by atomic mass is 10.1. The zero-order chi connectivity index (χ0) is 72.5. The number of nitrogens with zero attached hydrogens (tertiary/aromatic N) is 12. The molecule has 19 nitrogen and oxygen atoms in total. The van der Waals surface area contributed by atoms with Gasteiger partial charge in [0, 0.05) is 81.3 Å². The second-order valence-corrected chi connectivity index (χ2v) is 26.1. The van der Waals surface area contributed by atoms with Crippen LogP contribution in [0.15, 0.2) is 324 Å². The van der Waals surface area contributed by atoms with Gasteiger partial charge < -0.3 is 4.98 Å². The number of para-hydroxylation sites is 7. The minimum atomic E-state index is -0.365. The molecule has 0 unspecified atom stereocenters. The highest BCUT2D eigenvalue weighted by Crippen LogP contribution is 2.41. The number of thiazole rings is 1. The molecule has 0 spiro atoms. The number of carbonyl (C=O) groups is 6. The van der Waals surface area contributed by atoms with E-state index in [2.05, 4.69) is 24.9 Å². The Kier molecular flexibility index (Phi) is 20.8. The van der Waals surface area contributed by atoms with E-state index in [1.54, 1.807) is 60.1 Å². The molecule has 1 N–H and O–H groups in total. The van der Waals surface area contributed by atoms with E-state index in [1.165, 1.54) is 7.05 Å². The molecule has 14 aromatic rings. The number of anilines is 7. The van der Waals surface area contributed by atoms with Gasteiger partial charge in [0.05, 0.1) is 72.4 Å². The molecule has 19 rings (SSSR count). The molecule has 0 radical (unpaired) electrons. The Labute approximate surface area is 633 Å². The first-order valence-electron chi connectivity index (χ1n) is 33.9. The molecule has 0 bridgehead atoms. The molecule has 5 aliphatic heterocycles. The van der Waals surface area contributed by atoms with Gasteiger partial charge in [0.15, 0.2) is 0 Å². The van der Waals surface area contributed by atoms with Crippen molar-refractivity contribution in [2.75, 3.05) is 26.8 Å². The van der Waals surface area contributed by atoms with Crippen molar-refractivity contribution in [3.8, 4) is 0 Å². The topological polar surface area (TPSA) is 214 Å². The maximum absolute atomic E-state index is 13.2. The number of aromatic amines is 1. The van der Waals surface area contributed by atoms with Gasteiger partial charge in [-0.1, -0.05) is 165 Å². The lowest BCUT2D eigenvalue weighted by Gasteiger charge is -2.16. The number of benzene rings is 10. The van der Waals surface area contributed by atoms with E-state index in [4.69, 9.17) is 9.98 Å². The zero-order valence-electron chi connectivity index (χ0n) is 57.1. The fraction of sp³-hybridized carbons (Fsp3) is 0.0674. The van der Waals surface area contributed by atoms with Gasteiger partial charge in [-0.2, -0.15) is 0 Å². The monoisotopic (exact) mass is 1450 g/mol. The number of hydrogen-bond donors (Lipinski definition) is 1. The van der Waals surface area contributed by atoms with Crippen LogP contribution in [0.4, 0.5) is 62.6 Å². The maximum atomic E-state index is 13.2. The Bertz CT molecular complexity index is 6000. The van der Waals surface area contributed by atoms with Crippen LogP contribution in [0.3, 0.4) is 0 Å². The summed E-state index contributed by atoms with van der Waals surface area (Å²) in [6.07, 6.45) is 7.25. The van der Waals surface area contributed by atoms with E-state index < -0.39 is 0 Å². The summed E-state index contributed by atoms with van der Waals surface area (Å²) >= 11 is 1.63. The van der Waals surface area contributed by atoms with E-state index in [-0.39, 0.29) is 57.7 Å². The van der Waals surface area contributed by atoms with Crippen LogP contribution >= 0.6 is 11.3 Å². The summed E-state index contributed by atoms with van der Waals surface area (Å²) < 4.78 is 2.84. The molecule has 0 atom stereocenters. The smallest absolute Gasteiger partial charge is 0.333 e. The third-order valence-corrected chi connectivity index (χ3v) is 19.1. The molecular weight excluding hydrogens is 1380 g/mol. The fourth-order valence-corrected chi connectivity index (χ4v) is 14.0. The molecule has 9 heterocycles. The summed E-state index contributed by atoms with van der Waals surface area (Å²) in [5.74, 6) is -1.31. The molecule has 0 saturated carbocycles. The number of carbonyl (C=O) groups excluding carboxylic acids is 6. The van der Waals surface area contributed by atoms with E-state index >= 15 is 0 Å². The predicted molar refractivity (Wildman–Crippen MR) is 436 cm³/mol. The molecule has 4 aromatic heterocycles. The zero-order valence-corrected chi connectivity index (χ0v) is 57.9. The van der Waals surface area contributed by atoms with Crippen molar-refractivity contribution in [2.45, 2.75) is 36.1 Å². The quantitative estimate of drug-likeness (QED) is 0.114. The summed E-state index contributed by atoms with van der Waals surface area (Å²) in [7, 11) is 1.45. The fourth-order valence-electron chi connectivity index (χ4n) is 13.1. The highest BCUT2D eigenvalue weighted by Gasteiger charge is 2.42. The largest absolute Gasteiger partial charge is 0.361 e. The summed E-state index contributed by atoms with van der Waals surface area (Å²) in [6.45, 7) is 3.91. The van der Waals surface area contributed by atoms with Gasteiger partial charge in [-0.3, -0.25) is 53.4 Å². The summed E-state index contributed by atoms with van der Waals surface area (Å²) in [5, 5.41) is 3.72. The van der Waals surface area contributed by atoms with Crippen molar-refractivity contribution < 1.29 is 33.4 Å². The van der Waals surface area contributed by atoms with Crippen molar-refractivity contribution in [1.29, 1.82) is 0 Å². The van der Waals surface area contributed by atoms with Crippen LogP contribution in [0, 0.1) is 13.8 Å². The minimum absolute atomic E-state index is 0. The molecule has 0 saturated heterocycles. The van der Waals surface area contributed by atoms with Crippen LogP contribution in [-0.4, -0.2) is 85.2 Å². The van der Waals surface area contributed by atoms with Crippen LogP contribution in [0.5, 0.6) is 0 Å². The summed E-state index contributed by atoms with van der Waals surface area (Å²) in [4.78, 5) is 114. The first kappa shape index (κ1) is 73.0. The van der Waals surface area contributed by atoms with Crippen LogP contribution in [0.25, 0.3) is 21.1 Å². The standard InChI is InChI=1S/C23H15N3O3.C22H15N3OS.C22H15N3O.C19H15N4O.3CH4/c1-25-21(27)16-12-11-14(13-18(16)22(25)28)24-20-17-9-5-6-10-19(17)26(23(20)29)15-7-3-2-4-8-15;1-14-23-18-12-11-15(13-20(18)27-14)24-21-17-9-5-6-10-19(17)25(22(21)26)16-7-3-2-4-8-16;26-22-21(24-16-10-11-19-15(14-16)12-13-23-19)18-8-4-5-9-20(18)25(22)17-6-2-1-3-7-17;1-14-9-10-15(13-20-14)21-18-16-7-3-4-8-17(16)23(19(18)24)22-11-5-2-6-12-22;;;/h2-13H,1H3;2-13H,1H3;1-14,23H;2-13H,1H3;3*1H4/q;;;+1;;;. The highest BCUT2D eigenvalue weighted by atomic mass is 32.1. The van der Waals surface area contributed by atoms with E-state index in [0.29, 0.717) is 45.3 Å². The minimum Gasteiger partial charge on any atom is -0.361 e. The number of pyridine rings is 2.